The summed E-state index contributed by atoms with van der Waals surface area (Å²) in [4.78, 5) is 27.7. The van der Waals surface area contributed by atoms with Gasteiger partial charge in [0.15, 0.2) is 0 Å². The summed E-state index contributed by atoms with van der Waals surface area (Å²) in [6.07, 6.45) is 0. The Hall–Kier alpha value is -2.73. The number of carbonyl (C=O) groups excluding carboxylic acids is 2. The van der Waals surface area contributed by atoms with Crippen molar-refractivity contribution in [1.82, 2.24) is 15.5 Å². The summed E-state index contributed by atoms with van der Waals surface area (Å²) in [5.41, 5.74) is 1.46. The van der Waals surface area contributed by atoms with E-state index in [1.165, 1.54) is 24.3 Å². The minimum atomic E-state index is -0.685. The van der Waals surface area contributed by atoms with Gasteiger partial charge in [-0.3, -0.25) is 14.5 Å². The quantitative estimate of drug-likeness (QED) is 0.623. The molecule has 0 aliphatic carbocycles. The maximum absolute atomic E-state index is 13.1. The highest BCUT2D eigenvalue weighted by molar-refractivity contribution is 5.97. The maximum Gasteiger partial charge on any atom is 0.251 e. The van der Waals surface area contributed by atoms with Gasteiger partial charge in [-0.2, -0.15) is 0 Å². The molecule has 0 fully saturated rings. The fraction of sp³-hybridized carbons (Fsp3) is 0.417. The van der Waals surface area contributed by atoms with Gasteiger partial charge in [0.2, 0.25) is 5.91 Å². The zero-order valence-electron chi connectivity index (χ0n) is 18.2. The van der Waals surface area contributed by atoms with Gasteiger partial charge in [0.25, 0.3) is 5.91 Å². The summed E-state index contributed by atoms with van der Waals surface area (Å²) in [7, 11) is 0. The maximum atomic E-state index is 13.1. The first-order chi connectivity index (χ1) is 14.4. The first kappa shape index (κ1) is 23.5. The Morgan fingerprint density at radius 1 is 0.967 bits per heavy atom. The van der Waals surface area contributed by atoms with Gasteiger partial charge in [-0.1, -0.05) is 58.0 Å². The predicted octanol–water partition coefficient (Wildman–Crippen LogP) is 3.78. The van der Waals surface area contributed by atoms with E-state index < -0.39 is 17.8 Å². The van der Waals surface area contributed by atoms with E-state index in [1.54, 1.807) is 0 Å². The fourth-order valence-corrected chi connectivity index (χ4v) is 3.47. The second kappa shape index (κ2) is 11.5. The molecule has 2 N–H and O–H groups in total. The second-order valence-corrected chi connectivity index (χ2v) is 7.59. The van der Waals surface area contributed by atoms with E-state index in [-0.39, 0.29) is 17.9 Å². The number of hydrogen-bond acceptors (Lipinski definition) is 3. The van der Waals surface area contributed by atoms with Crippen LogP contribution in [0.3, 0.4) is 0 Å². The lowest BCUT2D eigenvalue weighted by Crippen LogP contribution is -2.51. The molecule has 2 aromatic carbocycles. The number of amides is 2. The lowest BCUT2D eigenvalue weighted by atomic mass is 10.0. The summed E-state index contributed by atoms with van der Waals surface area (Å²) in [6, 6.07) is 14.7. The lowest BCUT2D eigenvalue weighted by molar-refractivity contribution is -0.124. The van der Waals surface area contributed by atoms with Crippen LogP contribution in [-0.4, -0.2) is 42.4 Å². The monoisotopic (exact) mass is 413 g/mol. The number of hydrogen-bond donors (Lipinski definition) is 2. The minimum Gasteiger partial charge on any atom is -0.352 e. The first-order valence-electron chi connectivity index (χ1n) is 10.5. The normalized spacial score (nSPS) is 13.2. The van der Waals surface area contributed by atoms with Gasteiger partial charge in [-0.15, -0.1) is 0 Å². The number of benzene rings is 2. The van der Waals surface area contributed by atoms with E-state index >= 15 is 0 Å². The Kier molecular flexibility index (Phi) is 8.99. The number of rotatable bonds is 10. The molecule has 2 amide bonds. The molecule has 5 nitrogen and oxygen atoms in total. The molecule has 0 radical (unpaired) electrons. The van der Waals surface area contributed by atoms with Crippen LogP contribution in [0.25, 0.3) is 0 Å². The highest BCUT2D eigenvalue weighted by Crippen LogP contribution is 2.19. The van der Waals surface area contributed by atoms with Crippen LogP contribution >= 0.6 is 0 Å². The highest BCUT2D eigenvalue weighted by atomic mass is 19.1. The van der Waals surface area contributed by atoms with Crippen molar-refractivity contribution >= 4 is 11.8 Å². The summed E-state index contributed by atoms with van der Waals surface area (Å²) in [6.45, 7) is 10.1. The van der Waals surface area contributed by atoms with Crippen molar-refractivity contribution in [3.63, 3.8) is 0 Å². The zero-order chi connectivity index (χ0) is 22.1. The zero-order valence-corrected chi connectivity index (χ0v) is 18.2. The van der Waals surface area contributed by atoms with Gasteiger partial charge in [-0.25, -0.2) is 4.39 Å². The molecule has 0 saturated heterocycles. The van der Waals surface area contributed by atoms with Gasteiger partial charge in [0.1, 0.15) is 11.9 Å². The molecule has 0 spiro atoms. The third kappa shape index (κ3) is 6.39. The average molecular weight is 414 g/mol. The van der Waals surface area contributed by atoms with Crippen LogP contribution < -0.4 is 10.6 Å². The van der Waals surface area contributed by atoms with Crippen molar-refractivity contribution < 1.29 is 14.0 Å². The highest BCUT2D eigenvalue weighted by Gasteiger charge is 2.26. The van der Waals surface area contributed by atoms with E-state index in [0.717, 1.165) is 18.7 Å². The minimum absolute atomic E-state index is 0.0470. The van der Waals surface area contributed by atoms with Crippen LogP contribution in [0.5, 0.6) is 0 Å². The SMILES string of the molecule is CCN(CC)C(CNC(=O)C(NC(=O)c1ccc(F)cc1)C(C)C)c1ccccc1. The summed E-state index contributed by atoms with van der Waals surface area (Å²) in [5, 5.41) is 5.81. The summed E-state index contributed by atoms with van der Waals surface area (Å²) in [5.74, 6) is -1.13. The fourth-order valence-electron chi connectivity index (χ4n) is 3.47. The van der Waals surface area contributed by atoms with Crippen LogP contribution in [0, 0.1) is 11.7 Å². The number of carbonyl (C=O) groups is 2. The molecule has 0 aliphatic rings. The van der Waals surface area contributed by atoms with E-state index in [4.69, 9.17) is 0 Å². The topological polar surface area (TPSA) is 61.4 Å². The van der Waals surface area contributed by atoms with Crippen molar-refractivity contribution in [2.24, 2.45) is 5.92 Å². The predicted molar refractivity (Wildman–Crippen MR) is 118 cm³/mol. The lowest BCUT2D eigenvalue weighted by Gasteiger charge is -2.31. The Morgan fingerprint density at radius 3 is 2.10 bits per heavy atom. The molecule has 0 saturated carbocycles. The molecule has 0 aromatic heterocycles. The largest absolute Gasteiger partial charge is 0.352 e. The average Bonchev–Trinajstić information content (AvgIpc) is 2.75. The van der Waals surface area contributed by atoms with Crippen molar-refractivity contribution in [3.8, 4) is 0 Å². The van der Waals surface area contributed by atoms with Crippen LogP contribution in [0.2, 0.25) is 0 Å². The van der Waals surface area contributed by atoms with E-state index in [0.29, 0.717) is 12.1 Å². The molecule has 0 heterocycles. The van der Waals surface area contributed by atoms with Gasteiger partial charge in [-0.05, 0) is 48.8 Å². The van der Waals surface area contributed by atoms with E-state index in [2.05, 4.69) is 41.5 Å². The van der Waals surface area contributed by atoms with Crippen molar-refractivity contribution in [3.05, 3.63) is 71.5 Å². The van der Waals surface area contributed by atoms with Crippen molar-refractivity contribution in [2.45, 2.75) is 39.8 Å². The van der Waals surface area contributed by atoms with Crippen molar-refractivity contribution in [2.75, 3.05) is 19.6 Å². The molecule has 6 heteroatoms. The van der Waals surface area contributed by atoms with Crippen LogP contribution in [0.4, 0.5) is 4.39 Å². The van der Waals surface area contributed by atoms with Gasteiger partial charge >= 0.3 is 0 Å². The summed E-state index contributed by atoms with van der Waals surface area (Å²) >= 11 is 0. The van der Waals surface area contributed by atoms with Gasteiger partial charge < -0.3 is 10.6 Å². The number of nitrogens with one attached hydrogen (secondary N) is 2. The number of likely N-dealkylation sites (N-methyl/N-ethyl adjacent to an activating group) is 1. The first-order valence-corrected chi connectivity index (χ1v) is 10.5. The Balaban J connectivity index is 2.09. The Morgan fingerprint density at radius 2 is 1.57 bits per heavy atom. The molecule has 2 unspecified atom stereocenters. The molecule has 2 atom stereocenters. The molecule has 2 aromatic rings. The molecule has 162 valence electrons. The smallest absolute Gasteiger partial charge is 0.251 e. The molecule has 2 rings (SSSR count). The molecule has 0 bridgehead atoms. The van der Waals surface area contributed by atoms with Gasteiger partial charge in [0, 0.05) is 12.1 Å². The molecule has 0 aliphatic heterocycles. The third-order valence-electron chi connectivity index (χ3n) is 5.25. The van der Waals surface area contributed by atoms with E-state index in [9.17, 15) is 14.0 Å². The molecular formula is C24H32FN3O2. The number of halogens is 1. The van der Waals surface area contributed by atoms with Crippen LogP contribution in [0.15, 0.2) is 54.6 Å². The van der Waals surface area contributed by atoms with Crippen molar-refractivity contribution in [1.29, 1.82) is 0 Å². The second-order valence-electron chi connectivity index (χ2n) is 7.59. The molecular weight excluding hydrogens is 381 g/mol. The Bertz CT molecular complexity index is 805. The van der Waals surface area contributed by atoms with Crippen LogP contribution in [-0.2, 0) is 4.79 Å². The van der Waals surface area contributed by atoms with Crippen LogP contribution in [0.1, 0.15) is 49.7 Å². The number of nitrogens with zero attached hydrogens (tertiary/aromatic N) is 1. The summed E-state index contributed by atoms with van der Waals surface area (Å²) < 4.78 is 13.1. The molecule has 30 heavy (non-hydrogen) atoms. The van der Waals surface area contributed by atoms with Gasteiger partial charge in [0.05, 0.1) is 6.04 Å². The van der Waals surface area contributed by atoms with E-state index in [1.807, 2.05) is 32.0 Å². The third-order valence-corrected chi connectivity index (χ3v) is 5.25. The Labute approximate surface area is 178 Å². The standard InChI is InChI=1S/C24H32FN3O2/c1-5-28(6-2)21(18-10-8-7-9-11-18)16-26-24(30)22(17(3)4)27-23(29)19-12-14-20(25)15-13-19/h7-15,17,21-22H,5-6,16H2,1-4H3,(H,26,30)(H,27,29).